The second-order valence-electron chi connectivity index (χ2n) is 5.20. The standard InChI is InChI=1S/C18H16N2O2/c1-14-3-7-16(8-4-14)18(20-13-22,11-19-12-21)17-9-5-15(2)6-10-17/h3-10H,11H2,1-2H3. The maximum absolute atomic E-state index is 11.0. The fourth-order valence-corrected chi connectivity index (χ4v) is 2.40. The molecule has 0 radical (unpaired) electrons. The summed E-state index contributed by atoms with van der Waals surface area (Å²) in [6.45, 7) is 3.96. The van der Waals surface area contributed by atoms with E-state index < -0.39 is 5.54 Å². The summed E-state index contributed by atoms with van der Waals surface area (Å²) in [6.07, 6.45) is 3.16. The van der Waals surface area contributed by atoms with Crippen LogP contribution in [0.1, 0.15) is 22.3 Å². The van der Waals surface area contributed by atoms with Gasteiger partial charge in [-0.05, 0) is 25.0 Å². The Balaban J connectivity index is 2.69. The van der Waals surface area contributed by atoms with Crippen LogP contribution in [-0.4, -0.2) is 18.7 Å². The molecule has 0 bridgehead atoms. The van der Waals surface area contributed by atoms with E-state index in [1.54, 1.807) is 6.08 Å². The monoisotopic (exact) mass is 292 g/mol. The van der Waals surface area contributed by atoms with Crippen LogP contribution in [0.4, 0.5) is 0 Å². The molecule has 0 fully saturated rings. The van der Waals surface area contributed by atoms with Crippen molar-refractivity contribution in [2.45, 2.75) is 19.4 Å². The van der Waals surface area contributed by atoms with Crippen LogP contribution in [-0.2, 0) is 15.1 Å². The highest BCUT2D eigenvalue weighted by Gasteiger charge is 2.34. The Morgan fingerprint density at radius 3 is 1.64 bits per heavy atom. The minimum atomic E-state index is -1.06. The Morgan fingerprint density at radius 1 is 0.818 bits per heavy atom. The zero-order valence-corrected chi connectivity index (χ0v) is 12.5. The van der Waals surface area contributed by atoms with Crippen molar-refractivity contribution in [2.24, 2.45) is 9.98 Å². The molecule has 0 unspecified atom stereocenters. The van der Waals surface area contributed by atoms with Gasteiger partial charge in [0.2, 0.25) is 12.2 Å². The molecule has 0 heterocycles. The predicted molar refractivity (Wildman–Crippen MR) is 84.2 cm³/mol. The SMILES string of the molecule is Cc1ccc(C(CN=C=O)(N=C=O)c2ccc(C)cc2)cc1. The van der Waals surface area contributed by atoms with E-state index in [-0.39, 0.29) is 6.54 Å². The number of benzene rings is 2. The summed E-state index contributed by atoms with van der Waals surface area (Å²) < 4.78 is 0. The van der Waals surface area contributed by atoms with Crippen LogP contribution in [0.15, 0.2) is 58.5 Å². The molecule has 4 nitrogen and oxygen atoms in total. The molecule has 22 heavy (non-hydrogen) atoms. The molecule has 4 heteroatoms. The van der Waals surface area contributed by atoms with Gasteiger partial charge < -0.3 is 0 Å². The number of isocyanates is 2. The second kappa shape index (κ2) is 6.77. The molecule has 2 aromatic carbocycles. The van der Waals surface area contributed by atoms with Gasteiger partial charge in [0, 0.05) is 0 Å². The first-order valence-corrected chi connectivity index (χ1v) is 6.89. The lowest BCUT2D eigenvalue weighted by atomic mass is 9.82. The normalized spacial score (nSPS) is 10.5. The number of carbonyl (C=O) groups excluding carboxylic acids is 2. The highest BCUT2D eigenvalue weighted by atomic mass is 16.1. The van der Waals surface area contributed by atoms with Crippen molar-refractivity contribution < 1.29 is 9.59 Å². The topological polar surface area (TPSA) is 58.9 Å². The van der Waals surface area contributed by atoms with Gasteiger partial charge in [0.1, 0.15) is 5.54 Å². The molecule has 0 N–H and O–H groups in total. The van der Waals surface area contributed by atoms with Gasteiger partial charge in [-0.2, -0.15) is 4.99 Å². The summed E-state index contributed by atoms with van der Waals surface area (Å²) in [5.74, 6) is 0. The molecule has 0 aromatic heterocycles. The number of nitrogens with zero attached hydrogens (tertiary/aromatic N) is 2. The van der Waals surface area contributed by atoms with Crippen LogP contribution in [0, 0.1) is 13.8 Å². The van der Waals surface area contributed by atoms with Crippen molar-refractivity contribution in [3.8, 4) is 0 Å². The van der Waals surface area contributed by atoms with Gasteiger partial charge >= 0.3 is 0 Å². The maximum Gasteiger partial charge on any atom is 0.236 e. The molecular weight excluding hydrogens is 276 g/mol. The van der Waals surface area contributed by atoms with E-state index in [9.17, 15) is 9.59 Å². The van der Waals surface area contributed by atoms with Gasteiger partial charge in [-0.1, -0.05) is 59.7 Å². The third-order valence-corrected chi connectivity index (χ3v) is 3.67. The highest BCUT2D eigenvalue weighted by molar-refractivity contribution is 5.48. The summed E-state index contributed by atoms with van der Waals surface area (Å²) in [7, 11) is 0. The van der Waals surface area contributed by atoms with E-state index in [0.29, 0.717) is 0 Å². The van der Waals surface area contributed by atoms with Crippen molar-refractivity contribution in [2.75, 3.05) is 6.54 Å². The Bertz CT molecular complexity index is 690. The van der Waals surface area contributed by atoms with Crippen molar-refractivity contribution in [3.63, 3.8) is 0 Å². The second-order valence-corrected chi connectivity index (χ2v) is 5.20. The van der Waals surface area contributed by atoms with E-state index in [1.807, 2.05) is 62.4 Å². The molecule has 0 atom stereocenters. The van der Waals surface area contributed by atoms with E-state index in [0.717, 1.165) is 22.3 Å². The number of aryl methyl sites for hydroxylation is 2. The quantitative estimate of drug-likeness (QED) is 0.627. The van der Waals surface area contributed by atoms with Crippen LogP contribution in [0.25, 0.3) is 0 Å². The predicted octanol–water partition coefficient (Wildman–Crippen LogP) is 3.22. The van der Waals surface area contributed by atoms with Crippen LogP contribution in [0.3, 0.4) is 0 Å². The fourth-order valence-electron chi connectivity index (χ4n) is 2.40. The van der Waals surface area contributed by atoms with Crippen LogP contribution in [0.2, 0.25) is 0 Å². The van der Waals surface area contributed by atoms with E-state index in [4.69, 9.17) is 0 Å². The molecule has 0 aliphatic rings. The maximum atomic E-state index is 11.0. The Hall–Kier alpha value is -2.80. The van der Waals surface area contributed by atoms with E-state index in [2.05, 4.69) is 9.98 Å². The molecule has 2 aromatic rings. The van der Waals surface area contributed by atoms with Gasteiger partial charge in [0.25, 0.3) is 0 Å². The van der Waals surface area contributed by atoms with Crippen molar-refractivity contribution in [3.05, 3.63) is 70.8 Å². The zero-order valence-electron chi connectivity index (χ0n) is 12.5. The molecular formula is C18H16N2O2. The Kier molecular flexibility index (Phi) is 4.80. The average Bonchev–Trinajstić information content (AvgIpc) is 2.53. The molecule has 0 spiro atoms. The van der Waals surface area contributed by atoms with Gasteiger partial charge in [0.05, 0.1) is 6.54 Å². The first-order chi connectivity index (χ1) is 10.6. The molecule has 0 saturated heterocycles. The average molecular weight is 292 g/mol. The van der Waals surface area contributed by atoms with E-state index in [1.165, 1.54) is 6.08 Å². The van der Waals surface area contributed by atoms with Gasteiger partial charge in [-0.25, -0.2) is 14.6 Å². The molecule has 110 valence electrons. The summed E-state index contributed by atoms with van der Waals surface area (Å²) in [4.78, 5) is 29.3. The van der Waals surface area contributed by atoms with Crippen molar-refractivity contribution >= 4 is 12.2 Å². The Morgan fingerprint density at radius 2 is 1.27 bits per heavy atom. The number of hydrogen-bond acceptors (Lipinski definition) is 4. The Labute approximate surface area is 129 Å². The fraction of sp³-hybridized carbons (Fsp3) is 0.222. The molecule has 0 aliphatic carbocycles. The largest absolute Gasteiger partial charge is 0.236 e. The lowest BCUT2D eigenvalue weighted by molar-refractivity contribution is 0.517. The number of rotatable bonds is 5. The smallest absolute Gasteiger partial charge is 0.211 e. The van der Waals surface area contributed by atoms with Crippen LogP contribution in [0.5, 0.6) is 0 Å². The van der Waals surface area contributed by atoms with Crippen LogP contribution < -0.4 is 0 Å². The molecule has 0 saturated carbocycles. The van der Waals surface area contributed by atoms with Gasteiger partial charge in [-0.15, -0.1) is 0 Å². The summed E-state index contributed by atoms with van der Waals surface area (Å²) in [5.41, 5.74) is 2.69. The zero-order chi connectivity index (χ0) is 16.0. The summed E-state index contributed by atoms with van der Waals surface area (Å²) in [5, 5.41) is 0. The van der Waals surface area contributed by atoms with E-state index >= 15 is 0 Å². The summed E-state index contributed by atoms with van der Waals surface area (Å²) >= 11 is 0. The van der Waals surface area contributed by atoms with Gasteiger partial charge in [-0.3, -0.25) is 0 Å². The van der Waals surface area contributed by atoms with Crippen molar-refractivity contribution in [1.82, 2.24) is 0 Å². The van der Waals surface area contributed by atoms with Gasteiger partial charge in [0.15, 0.2) is 0 Å². The third-order valence-electron chi connectivity index (χ3n) is 3.67. The third kappa shape index (κ3) is 3.09. The molecule has 2 rings (SSSR count). The molecule has 0 amide bonds. The molecule has 0 aliphatic heterocycles. The van der Waals surface area contributed by atoms with Crippen molar-refractivity contribution in [1.29, 1.82) is 0 Å². The number of hydrogen-bond donors (Lipinski definition) is 0. The minimum Gasteiger partial charge on any atom is -0.211 e. The minimum absolute atomic E-state index is 0.0118. The first-order valence-electron chi connectivity index (χ1n) is 6.89. The number of aliphatic imine (C=N–C) groups is 2. The summed E-state index contributed by atoms with van der Waals surface area (Å²) in [6, 6.07) is 15.3. The lowest BCUT2D eigenvalue weighted by Crippen LogP contribution is -2.29. The van der Waals surface area contributed by atoms with Crippen LogP contribution >= 0.6 is 0 Å². The highest BCUT2D eigenvalue weighted by Crippen LogP contribution is 2.34. The lowest BCUT2D eigenvalue weighted by Gasteiger charge is -2.27. The first kappa shape index (κ1) is 15.6.